The summed E-state index contributed by atoms with van der Waals surface area (Å²) in [4.78, 5) is 73.6. The van der Waals surface area contributed by atoms with Gasteiger partial charge in [-0.05, 0) is 114 Å². The van der Waals surface area contributed by atoms with E-state index in [1.165, 1.54) is 12.4 Å². The molecule has 5 heterocycles. The zero-order valence-corrected chi connectivity index (χ0v) is 34.0. The third kappa shape index (κ3) is 7.73. The van der Waals surface area contributed by atoms with E-state index in [0.717, 1.165) is 94.8 Å². The zero-order chi connectivity index (χ0) is 41.7. The summed E-state index contributed by atoms with van der Waals surface area (Å²) < 4.78 is 23.4. The van der Waals surface area contributed by atoms with Gasteiger partial charge in [-0.3, -0.25) is 34.2 Å². The maximum Gasteiger partial charge on any atom is 0.289 e. The Morgan fingerprint density at radius 2 is 1.68 bits per heavy atom. The maximum atomic E-state index is 15.5. The van der Waals surface area contributed by atoms with Gasteiger partial charge in [0.15, 0.2) is 0 Å². The quantitative estimate of drug-likeness (QED) is 0.283. The van der Waals surface area contributed by atoms with Gasteiger partial charge in [0.2, 0.25) is 17.6 Å². The van der Waals surface area contributed by atoms with Crippen molar-refractivity contribution >= 4 is 46.8 Å². The highest BCUT2D eigenvalue weighted by Crippen LogP contribution is 2.45. The van der Waals surface area contributed by atoms with Crippen LogP contribution in [0.15, 0.2) is 36.7 Å². The van der Waals surface area contributed by atoms with Crippen molar-refractivity contribution in [1.82, 2.24) is 35.2 Å². The van der Waals surface area contributed by atoms with Crippen molar-refractivity contribution in [3.05, 3.63) is 70.0 Å². The average molecular weight is 840 g/mol. The van der Waals surface area contributed by atoms with Gasteiger partial charge in [-0.25, -0.2) is 14.1 Å². The number of halogens is 2. The average Bonchev–Trinajstić information content (AvgIpc) is 3.81. The second-order valence-electron chi connectivity index (χ2n) is 17.5. The molecule has 4 aliphatic heterocycles. The Labute approximate surface area is 351 Å². The number of hydrogen-bond donors (Lipinski definition) is 2. The van der Waals surface area contributed by atoms with Crippen LogP contribution in [0.1, 0.15) is 120 Å². The second kappa shape index (κ2) is 16.2. The number of nitrogens with zero attached hydrogens (tertiary/aromatic N) is 7. The summed E-state index contributed by atoms with van der Waals surface area (Å²) in [5.41, 5.74) is 0.801. The number of piperidine rings is 2. The largest absolute Gasteiger partial charge is 0.490 e. The number of benzene rings is 2. The number of nitriles is 1. The number of hydrogen-bond acceptors (Lipinski definition) is 11. The molecular formula is C43H47ClFN9O6. The highest BCUT2D eigenvalue weighted by molar-refractivity contribution is 6.31. The molecular weight excluding hydrogens is 793 g/mol. The molecule has 1 unspecified atom stereocenters. The highest BCUT2D eigenvalue weighted by Gasteiger charge is 2.48. The van der Waals surface area contributed by atoms with Gasteiger partial charge in [0.1, 0.15) is 30.0 Å². The van der Waals surface area contributed by atoms with Crippen molar-refractivity contribution < 1.29 is 33.1 Å². The lowest BCUT2D eigenvalue weighted by atomic mass is 9.71. The molecule has 5 amide bonds. The highest BCUT2D eigenvalue weighted by atomic mass is 35.5. The first kappa shape index (κ1) is 40.0. The fourth-order valence-electron chi connectivity index (χ4n) is 10.2. The molecule has 5 fully saturated rings. The van der Waals surface area contributed by atoms with Gasteiger partial charge in [0.05, 0.1) is 39.5 Å². The van der Waals surface area contributed by atoms with Crippen LogP contribution in [0.2, 0.25) is 5.02 Å². The van der Waals surface area contributed by atoms with E-state index in [4.69, 9.17) is 21.6 Å². The van der Waals surface area contributed by atoms with Crippen LogP contribution in [0.4, 0.5) is 10.1 Å². The van der Waals surface area contributed by atoms with E-state index in [9.17, 15) is 24.0 Å². The van der Waals surface area contributed by atoms with Crippen molar-refractivity contribution in [2.75, 3.05) is 37.6 Å². The van der Waals surface area contributed by atoms with Crippen molar-refractivity contribution in [3.63, 3.8) is 0 Å². The van der Waals surface area contributed by atoms with Gasteiger partial charge >= 0.3 is 0 Å². The summed E-state index contributed by atoms with van der Waals surface area (Å²) in [6, 6.07) is 8.75. The van der Waals surface area contributed by atoms with Crippen LogP contribution in [-0.4, -0.2) is 105 Å². The van der Waals surface area contributed by atoms with E-state index in [0.29, 0.717) is 46.9 Å². The lowest BCUT2D eigenvalue weighted by Crippen LogP contribution is -2.61. The third-order valence-corrected chi connectivity index (χ3v) is 14.0. The third-order valence-electron chi connectivity index (χ3n) is 13.6. The fourth-order valence-corrected chi connectivity index (χ4v) is 10.4. The molecule has 6 aliphatic rings. The molecule has 9 rings (SSSR count). The Morgan fingerprint density at radius 1 is 0.967 bits per heavy atom. The van der Waals surface area contributed by atoms with E-state index in [1.54, 1.807) is 18.2 Å². The summed E-state index contributed by atoms with van der Waals surface area (Å²) in [5, 5.41) is 19.3. The molecule has 60 heavy (non-hydrogen) atoms. The normalized spacial score (nSPS) is 26.6. The maximum absolute atomic E-state index is 15.5. The minimum Gasteiger partial charge on any atom is -0.490 e. The molecule has 314 valence electrons. The van der Waals surface area contributed by atoms with E-state index >= 15 is 4.39 Å². The molecule has 1 atom stereocenters. The summed E-state index contributed by atoms with van der Waals surface area (Å²) in [7, 11) is 0. The first-order valence-corrected chi connectivity index (χ1v) is 21.4. The van der Waals surface area contributed by atoms with E-state index in [-0.39, 0.29) is 53.5 Å². The smallest absolute Gasteiger partial charge is 0.289 e. The molecule has 0 radical (unpaired) electrons. The van der Waals surface area contributed by atoms with E-state index in [2.05, 4.69) is 31.7 Å². The van der Waals surface area contributed by atoms with Crippen LogP contribution in [0.5, 0.6) is 5.75 Å². The number of carbonyl (C=O) groups is 5. The van der Waals surface area contributed by atoms with Crippen LogP contribution in [0.25, 0.3) is 0 Å². The molecule has 3 saturated heterocycles. The van der Waals surface area contributed by atoms with Gasteiger partial charge < -0.3 is 19.9 Å². The van der Waals surface area contributed by atoms with Gasteiger partial charge in [-0.1, -0.05) is 11.6 Å². The lowest BCUT2D eigenvalue weighted by molar-refractivity contribution is -0.136. The number of nitrogens with one attached hydrogen (secondary N) is 2. The molecule has 3 aromatic rings. The topological polar surface area (TPSA) is 183 Å². The standard InChI is InChI=1S/C43H47ClFN9O6/c44-33-17-30(8-3-26(33)20-46)60-29-9-4-27(5-10-29)49-40(57)38-47-24-48-54(38)28-6-1-25(2-7-28)21-51-15-13-43(14-16-51)22-52(23-43)36-19-32-31(18-34(36)45)41(58)53(42(32)59)35-11-12-37(55)50-39(35)56/h3,8,17-19,24-25,27-29,35H,1-2,4-7,9-16,21-23H2,(H,49,57)(H,50,55,56). The Morgan fingerprint density at radius 3 is 2.37 bits per heavy atom. The summed E-state index contributed by atoms with van der Waals surface area (Å²) in [6.07, 6.45) is 10.6. The Kier molecular flexibility index (Phi) is 10.8. The monoisotopic (exact) mass is 839 g/mol. The van der Waals surface area contributed by atoms with Crippen molar-refractivity contribution in [2.24, 2.45) is 11.3 Å². The Hall–Kier alpha value is -5.40. The number of aromatic nitrogens is 3. The molecule has 2 aromatic carbocycles. The molecule has 1 aromatic heterocycles. The number of likely N-dealkylation sites (tertiary alicyclic amines) is 1. The number of ether oxygens (including phenoxy) is 1. The van der Waals surface area contributed by atoms with Crippen molar-refractivity contribution in [3.8, 4) is 11.8 Å². The first-order chi connectivity index (χ1) is 29.0. The number of imide groups is 2. The van der Waals surface area contributed by atoms with Crippen LogP contribution in [-0.2, 0) is 9.59 Å². The SMILES string of the molecule is N#Cc1ccc(OC2CCC(NC(=O)c3ncnn3C3CCC(CN4CCC5(CC4)CN(c4cc6c(cc4F)C(=O)N(C4CCC(=O)NC4=O)C6=O)C5)CC3)CC2)cc1Cl. The summed E-state index contributed by atoms with van der Waals surface area (Å²) in [6.45, 7) is 4.26. The zero-order valence-electron chi connectivity index (χ0n) is 33.2. The summed E-state index contributed by atoms with van der Waals surface area (Å²) >= 11 is 6.17. The molecule has 0 bridgehead atoms. The molecule has 2 N–H and O–H groups in total. The van der Waals surface area contributed by atoms with Crippen LogP contribution >= 0.6 is 11.6 Å². The van der Waals surface area contributed by atoms with Crippen LogP contribution in [0.3, 0.4) is 0 Å². The van der Waals surface area contributed by atoms with Gasteiger partial charge in [0.25, 0.3) is 17.7 Å². The van der Waals surface area contributed by atoms with E-state index < -0.39 is 35.5 Å². The summed E-state index contributed by atoms with van der Waals surface area (Å²) in [5.74, 6) is -1.73. The minimum absolute atomic E-state index is 0.00995. The molecule has 15 nitrogen and oxygen atoms in total. The van der Waals surface area contributed by atoms with E-state index in [1.807, 2.05) is 9.58 Å². The van der Waals surface area contributed by atoms with Crippen LogP contribution in [0, 0.1) is 28.5 Å². The first-order valence-electron chi connectivity index (χ1n) is 21.1. The number of amides is 5. The number of fused-ring (bicyclic) bond motifs is 1. The minimum atomic E-state index is -1.09. The van der Waals surface area contributed by atoms with Crippen molar-refractivity contribution in [2.45, 2.75) is 101 Å². The van der Waals surface area contributed by atoms with Gasteiger partial charge in [-0.2, -0.15) is 10.4 Å². The molecule has 1 spiro atoms. The Bertz CT molecular complexity index is 2260. The Balaban J connectivity index is 0.712. The number of carbonyl (C=O) groups excluding carboxylic acids is 5. The van der Waals surface area contributed by atoms with Crippen LogP contribution < -0.4 is 20.3 Å². The lowest BCUT2D eigenvalue weighted by Gasteiger charge is -2.55. The molecule has 2 aliphatic carbocycles. The number of rotatable bonds is 9. The molecule has 17 heteroatoms. The molecule has 2 saturated carbocycles. The predicted molar refractivity (Wildman–Crippen MR) is 215 cm³/mol. The fraction of sp³-hybridized carbons (Fsp3) is 0.535. The second-order valence-corrected chi connectivity index (χ2v) is 17.9. The predicted octanol–water partition coefficient (Wildman–Crippen LogP) is 4.80. The van der Waals surface area contributed by atoms with Crippen molar-refractivity contribution in [1.29, 1.82) is 5.26 Å². The van der Waals surface area contributed by atoms with Gasteiger partial charge in [0, 0.05) is 43.6 Å². The van der Waals surface area contributed by atoms with Gasteiger partial charge in [-0.15, -0.1) is 0 Å². The number of anilines is 1.